The summed E-state index contributed by atoms with van der Waals surface area (Å²) < 4.78 is 19.2. The predicted octanol–water partition coefficient (Wildman–Crippen LogP) is 4.16. The van der Waals surface area contributed by atoms with Crippen molar-refractivity contribution >= 4 is 0 Å². The van der Waals surface area contributed by atoms with Gasteiger partial charge in [-0.2, -0.15) is 0 Å². The maximum Gasteiger partial charge on any atom is 0.123 e. The number of nitrogens with zero attached hydrogens (tertiary/aromatic N) is 1. The maximum atomic E-state index is 13.3. The summed E-state index contributed by atoms with van der Waals surface area (Å²) in [5, 5.41) is 13.9. The van der Waals surface area contributed by atoms with E-state index in [1.165, 1.54) is 38.2 Å². The summed E-state index contributed by atoms with van der Waals surface area (Å²) in [4.78, 5) is 2.28. The Hall–Kier alpha value is -1.95. The molecule has 1 aliphatic rings. The minimum atomic E-state index is -0.508. The predicted molar refractivity (Wildman–Crippen MR) is 119 cm³/mol. The molecule has 1 saturated carbocycles. The van der Waals surface area contributed by atoms with Crippen molar-refractivity contribution in [1.82, 2.24) is 10.2 Å². The van der Waals surface area contributed by atoms with Gasteiger partial charge in [-0.1, -0.05) is 49.6 Å². The fourth-order valence-corrected chi connectivity index (χ4v) is 4.18. The Morgan fingerprint density at radius 3 is 2.73 bits per heavy atom. The molecule has 2 aromatic carbocycles. The molecule has 0 amide bonds. The van der Waals surface area contributed by atoms with Gasteiger partial charge >= 0.3 is 0 Å². The van der Waals surface area contributed by atoms with Crippen LogP contribution in [0.4, 0.5) is 4.39 Å². The molecule has 1 fully saturated rings. The van der Waals surface area contributed by atoms with Gasteiger partial charge in [0.1, 0.15) is 24.3 Å². The van der Waals surface area contributed by atoms with E-state index >= 15 is 0 Å². The molecule has 0 spiro atoms. The fraction of sp³-hybridized carbons (Fsp3) is 0.520. The largest absolute Gasteiger partial charge is 0.491 e. The average molecular weight is 415 g/mol. The molecule has 4 nitrogen and oxygen atoms in total. The van der Waals surface area contributed by atoms with Gasteiger partial charge in [-0.15, -0.1) is 0 Å². The van der Waals surface area contributed by atoms with Gasteiger partial charge in [-0.05, 0) is 56.6 Å². The van der Waals surface area contributed by atoms with Crippen LogP contribution >= 0.6 is 0 Å². The average Bonchev–Trinajstić information content (AvgIpc) is 2.76. The molecule has 30 heavy (non-hydrogen) atoms. The van der Waals surface area contributed by atoms with Crippen molar-refractivity contribution in [3.8, 4) is 5.75 Å². The van der Waals surface area contributed by atoms with Crippen LogP contribution in [-0.2, 0) is 13.0 Å². The molecular weight excluding hydrogens is 379 g/mol. The molecule has 0 radical (unpaired) electrons. The minimum absolute atomic E-state index is 0.195. The monoisotopic (exact) mass is 414 g/mol. The van der Waals surface area contributed by atoms with Crippen molar-refractivity contribution < 1.29 is 14.2 Å². The number of ether oxygens (including phenoxy) is 1. The topological polar surface area (TPSA) is 44.7 Å². The molecule has 3 rings (SSSR count). The van der Waals surface area contributed by atoms with Crippen LogP contribution in [0.3, 0.4) is 0 Å². The number of likely N-dealkylation sites (N-methyl/N-ethyl adjacent to an activating group) is 1. The van der Waals surface area contributed by atoms with E-state index in [1.54, 1.807) is 12.1 Å². The third kappa shape index (κ3) is 7.38. The molecule has 1 atom stereocenters. The Morgan fingerprint density at radius 2 is 1.93 bits per heavy atom. The van der Waals surface area contributed by atoms with E-state index < -0.39 is 6.10 Å². The van der Waals surface area contributed by atoms with E-state index in [0.717, 1.165) is 29.8 Å². The lowest BCUT2D eigenvalue weighted by molar-refractivity contribution is 0.0558. The molecule has 0 aliphatic heterocycles. The molecule has 5 heteroatoms. The van der Waals surface area contributed by atoms with Crippen molar-refractivity contribution in [1.29, 1.82) is 0 Å². The summed E-state index contributed by atoms with van der Waals surface area (Å²) in [6.45, 7) is 2.35. The number of benzene rings is 2. The first-order valence-corrected chi connectivity index (χ1v) is 11.2. The van der Waals surface area contributed by atoms with E-state index in [9.17, 15) is 9.50 Å². The Labute approximate surface area is 180 Å². The molecule has 0 aromatic heterocycles. The lowest BCUT2D eigenvalue weighted by atomic mass is 9.94. The lowest BCUT2D eigenvalue weighted by Gasteiger charge is -2.32. The van der Waals surface area contributed by atoms with Crippen LogP contribution in [0.15, 0.2) is 48.5 Å². The Kier molecular flexibility index (Phi) is 9.12. The zero-order valence-electron chi connectivity index (χ0n) is 18.0. The number of hydrogen-bond acceptors (Lipinski definition) is 4. The van der Waals surface area contributed by atoms with Crippen LogP contribution in [0.5, 0.6) is 5.75 Å². The smallest absolute Gasteiger partial charge is 0.123 e. The molecule has 1 aliphatic carbocycles. The normalized spacial score (nSPS) is 16.0. The van der Waals surface area contributed by atoms with Gasteiger partial charge in [0.05, 0.1) is 0 Å². The highest BCUT2D eigenvalue weighted by molar-refractivity contribution is 5.33. The second kappa shape index (κ2) is 12.0. The summed E-state index contributed by atoms with van der Waals surface area (Å²) in [5.74, 6) is 0.606. The zero-order valence-corrected chi connectivity index (χ0v) is 18.0. The third-order valence-corrected chi connectivity index (χ3v) is 5.90. The van der Waals surface area contributed by atoms with Gasteiger partial charge in [-0.3, -0.25) is 0 Å². The van der Waals surface area contributed by atoms with Gasteiger partial charge < -0.3 is 20.1 Å². The zero-order chi connectivity index (χ0) is 21.2. The summed E-state index contributed by atoms with van der Waals surface area (Å²) in [6, 6.07) is 15.2. The van der Waals surface area contributed by atoms with Crippen molar-refractivity contribution in [2.45, 2.75) is 57.2 Å². The second-order valence-corrected chi connectivity index (χ2v) is 8.36. The van der Waals surface area contributed by atoms with Gasteiger partial charge in [0.25, 0.3) is 0 Å². The Morgan fingerprint density at radius 1 is 1.13 bits per heavy atom. The van der Waals surface area contributed by atoms with Crippen LogP contribution < -0.4 is 10.1 Å². The van der Waals surface area contributed by atoms with Crippen LogP contribution in [0, 0.1) is 5.82 Å². The van der Waals surface area contributed by atoms with Crippen molar-refractivity contribution in [2.24, 2.45) is 0 Å². The van der Waals surface area contributed by atoms with Gasteiger partial charge in [0, 0.05) is 24.7 Å². The number of aliphatic hydroxyl groups is 1. The summed E-state index contributed by atoms with van der Waals surface area (Å²) >= 11 is 0. The lowest BCUT2D eigenvalue weighted by Crippen LogP contribution is -2.40. The Bertz CT molecular complexity index is 764. The van der Waals surface area contributed by atoms with Crippen LogP contribution in [0.25, 0.3) is 0 Å². The molecule has 2 N–H and O–H groups in total. The van der Waals surface area contributed by atoms with Crippen molar-refractivity contribution in [3.63, 3.8) is 0 Å². The highest BCUT2D eigenvalue weighted by Crippen LogP contribution is 2.22. The van der Waals surface area contributed by atoms with Gasteiger partial charge in [-0.25, -0.2) is 4.39 Å². The second-order valence-electron chi connectivity index (χ2n) is 8.36. The van der Waals surface area contributed by atoms with Crippen molar-refractivity contribution in [2.75, 3.05) is 26.7 Å². The quantitative estimate of drug-likeness (QED) is 0.542. The first kappa shape index (κ1) is 22.7. The highest BCUT2D eigenvalue weighted by atomic mass is 19.1. The number of halogens is 1. The molecule has 164 valence electrons. The number of hydrogen-bond donors (Lipinski definition) is 2. The first-order chi connectivity index (χ1) is 14.6. The molecule has 0 unspecified atom stereocenters. The van der Waals surface area contributed by atoms with Gasteiger partial charge in [0.2, 0.25) is 0 Å². The first-order valence-electron chi connectivity index (χ1n) is 11.2. The summed E-state index contributed by atoms with van der Waals surface area (Å²) in [7, 11) is 2.11. The highest BCUT2D eigenvalue weighted by Gasteiger charge is 2.20. The number of nitrogens with one attached hydrogen (secondary N) is 1. The van der Waals surface area contributed by atoms with E-state index in [2.05, 4.69) is 17.3 Å². The molecule has 0 heterocycles. The van der Waals surface area contributed by atoms with E-state index in [1.807, 2.05) is 30.3 Å². The van der Waals surface area contributed by atoms with E-state index in [-0.39, 0.29) is 12.4 Å². The van der Waals surface area contributed by atoms with Crippen LogP contribution in [0.2, 0.25) is 0 Å². The van der Waals surface area contributed by atoms with Crippen molar-refractivity contribution in [3.05, 3.63) is 65.5 Å². The van der Waals surface area contributed by atoms with Crippen LogP contribution in [0.1, 0.15) is 43.2 Å². The molecule has 0 bridgehead atoms. The SMILES string of the molecule is CN(C[C@@H](O)COc1ccccc1CNCCc1cccc(F)c1)C1CCCCC1. The van der Waals surface area contributed by atoms with E-state index in [4.69, 9.17) is 4.74 Å². The van der Waals surface area contributed by atoms with E-state index in [0.29, 0.717) is 19.1 Å². The van der Waals surface area contributed by atoms with Crippen LogP contribution in [-0.4, -0.2) is 48.9 Å². The number of aliphatic hydroxyl groups excluding tert-OH is 1. The summed E-state index contributed by atoms with van der Waals surface area (Å²) in [6.07, 6.45) is 6.65. The Balaban J connectivity index is 1.41. The van der Waals surface area contributed by atoms with Gasteiger partial charge in [0.15, 0.2) is 0 Å². The third-order valence-electron chi connectivity index (χ3n) is 5.90. The molecular formula is C25H35FN2O2. The molecule has 0 saturated heterocycles. The number of rotatable bonds is 11. The maximum absolute atomic E-state index is 13.3. The fourth-order valence-electron chi connectivity index (χ4n) is 4.18. The minimum Gasteiger partial charge on any atom is -0.491 e. The molecule has 2 aromatic rings. The standard InChI is InChI=1S/C25H35FN2O2/c1-28(23-11-3-2-4-12-23)18-24(29)19-30-25-13-6-5-9-21(25)17-27-15-14-20-8-7-10-22(26)16-20/h5-10,13,16,23-24,27,29H,2-4,11-12,14-15,17-19H2,1H3/t24-/m1/s1. The number of para-hydroxylation sites is 1. The summed E-state index contributed by atoms with van der Waals surface area (Å²) in [5.41, 5.74) is 2.04.